The van der Waals surface area contributed by atoms with Crippen molar-refractivity contribution < 1.29 is 4.79 Å². The van der Waals surface area contributed by atoms with Gasteiger partial charge >= 0.3 is 0 Å². The van der Waals surface area contributed by atoms with Crippen LogP contribution in [0.2, 0.25) is 0 Å². The Bertz CT molecular complexity index is 532. The molecular formula is C13H17ClN4OS. The van der Waals surface area contributed by atoms with Crippen LogP contribution in [0.1, 0.15) is 11.4 Å². The van der Waals surface area contributed by atoms with E-state index in [1.54, 1.807) is 0 Å². The Morgan fingerprint density at radius 2 is 2.00 bits per heavy atom. The lowest BCUT2D eigenvalue weighted by Crippen LogP contribution is -2.25. The van der Waals surface area contributed by atoms with Crippen molar-refractivity contribution in [3.8, 4) is 10.6 Å². The van der Waals surface area contributed by atoms with Crippen LogP contribution in [-0.2, 0) is 11.3 Å². The Morgan fingerprint density at radius 3 is 2.70 bits per heavy atom. The van der Waals surface area contributed by atoms with Gasteiger partial charge in [-0.15, -0.1) is 22.6 Å². The van der Waals surface area contributed by atoms with Crippen molar-refractivity contribution in [1.29, 1.82) is 0 Å². The van der Waals surface area contributed by atoms with E-state index in [0.717, 1.165) is 15.6 Å². The molecule has 1 aromatic carbocycles. The lowest BCUT2D eigenvalue weighted by atomic mass is 10.2. The zero-order valence-corrected chi connectivity index (χ0v) is 12.8. The molecule has 1 aromatic heterocycles. The van der Waals surface area contributed by atoms with Gasteiger partial charge in [0.25, 0.3) is 0 Å². The molecule has 7 heteroatoms. The van der Waals surface area contributed by atoms with Gasteiger partial charge in [0, 0.05) is 18.5 Å². The summed E-state index contributed by atoms with van der Waals surface area (Å²) in [5, 5.41) is 15.7. The van der Waals surface area contributed by atoms with Crippen LogP contribution < -0.4 is 10.6 Å². The number of benzene rings is 1. The summed E-state index contributed by atoms with van der Waals surface area (Å²) in [7, 11) is 1.82. The average Bonchev–Trinajstić information content (AvgIpc) is 2.93. The normalized spacial score (nSPS) is 9.85. The predicted molar refractivity (Wildman–Crippen MR) is 83.0 cm³/mol. The fourth-order valence-corrected chi connectivity index (χ4v) is 2.31. The molecule has 0 spiro atoms. The van der Waals surface area contributed by atoms with Crippen molar-refractivity contribution in [3.05, 3.63) is 35.3 Å². The Morgan fingerprint density at radius 1 is 1.25 bits per heavy atom. The highest BCUT2D eigenvalue weighted by Gasteiger charge is 2.07. The number of nitrogens with one attached hydrogen (secondary N) is 2. The van der Waals surface area contributed by atoms with Crippen molar-refractivity contribution in [3.63, 3.8) is 0 Å². The molecule has 2 N–H and O–H groups in total. The van der Waals surface area contributed by atoms with Gasteiger partial charge in [0.15, 0.2) is 0 Å². The number of hydrogen-bond donors (Lipinski definition) is 2. The van der Waals surface area contributed by atoms with Crippen LogP contribution in [0.25, 0.3) is 10.6 Å². The van der Waals surface area contributed by atoms with Gasteiger partial charge in [0.2, 0.25) is 5.91 Å². The fraction of sp³-hybridized carbons (Fsp3) is 0.308. The molecule has 0 aliphatic rings. The molecule has 20 heavy (non-hydrogen) atoms. The van der Waals surface area contributed by atoms with Crippen molar-refractivity contribution in [1.82, 2.24) is 20.8 Å². The highest BCUT2D eigenvalue weighted by molar-refractivity contribution is 7.14. The first-order valence-electron chi connectivity index (χ1n) is 6.08. The largest absolute Gasteiger partial charge is 0.349 e. The molecule has 0 saturated carbocycles. The lowest BCUT2D eigenvalue weighted by Gasteiger charge is -2.01. The van der Waals surface area contributed by atoms with Gasteiger partial charge in [-0.2, -0.15) is 0 Å². The Balaban J connectivity index is 0.00000200. The third-order valence-electron chi connectivity index (χ3n) is 2.53. The summed E-state index contributed by atoms with van der Waals surface area (Å²) in [6, 6.07) is 9.89. The van der Waals surface area contributed by atoms with Crippen LogP contribution in [0.5, 0.6) is 0 Å². The fourth-order valence-electron chi connectivity index (χ4n) is 1.52. The summed E-state index contributed by atoms with van der Waals surface area (Å²) in [6.07, 6.45) is 0.473. The molecule has 0 fully saturated rings. The minimum absolute atomic E-state index is 0. The van der Waals surface area contributed by atoms with E-state index < -0.39 is 0 Å². The zero-order valence-electron chi connectivity index (χ0n) is 11.1. The van der Waals surface area contributed by atoms with E-state index in [2.05, 4.69) is 20.8 Å². The summed E-state index contributed by atoms with van der Waals surface area (Å²) >= 11 is 1.50. The second kappa shape index (κ2) is 8.63. The Hall–Kier alpha value is -1.50. The SMILES string of the molecule is CNCCC(=O)NCc1nnc(-c2ccccc2)s1.Cl. The highest BCUT2D eigenvalue weighted by atomic mass is 35.5. The maximum Gasteiger partial charge on any atom is 0.221 e. The Kier molecular flexibility index (Phi) is 7.14. The van der Waals surface area contributed by atoms with Gasteiger partial charge in [-0.25, -0.2) is 0 Å². The van der Waals surface area contributed by atoms with Crippen LogP contribution in [0.15, 0.2) is 30.3 Å². The van der Waals surface area contributed by atoms with E-state index in [-0.39, 0.29) is 18.3 Å². The number of aromatic nitrogens is 2. The minimum atomic E-state index is 0. The van der Waals surface area contributed by atoms with E-state index in [4.69, 9.17) is 0 Å². The standard InChI is InChI=1S/C13H16N4OS.ClH/c1-14-8-7-11(18)15-9-12-16-17-13(19-12)10-5-3-2-4-6-10;/h2-6,14H,7-9H2,1H3,(H,15,18);1H. The molecule has 0 unspecified atom stereocenters. The van der Waals surface area contributed by atoms with Crippen molar-refractivity contribution >= 4 is 29.7 Å². The molecule has 0 saturated heterocycles. The number of hydrogen-bond acceptors (Lipinski definition) is 5. The maximum absolute atomic E-state index is 11.5. The van der Waals surface area contributed by atoms with Gasteiger partial charge in [0.05, 0.1) is 6.54 Å². The van der Waals surface area contributed by atoms with Crippen LogP contribution in [0.4, 0.5) is 0 Å². The molecule has 0 aliphatic heterocycles. The van der Waals surface area contributed by atoms with Gasteiger partial charge in [-0.1, -0.05) is 41.7 Å². The topological polar surface area (TPSA) is 66.9 Å². The second-order valence-corrected chi connectivity index (χ2v) is 5.06. The number of carbonyl (C=O) groups excluding carboxylic acids is 1. The van der Waals surface area contributed by atoms with Gasteiger partial charge in [-0.3, -0.25) is 4.79 Å². The van der Waals surface area contributed by atoms with Crippen LogP contribution in [-0.4, -0.2) is 29.7 Å². The molecule has 1 heterocycles. The smallest absolute Gasteiger partial charge is 0.221 e. The zero-order chi connectivity index (χ0) is 13.5. The van der Waals surface area contributed by atoms with Crippen molar-refractivity contribution in [2.45, 2.75) is 13.0 Å². The molecular weight excluding hydrogens is 296 g/mol. The minimum Gasteiger partial charge on any atom is -0.349 e. The first kappa shape index (κ1) is 16.6. The van der Waals surface area contributed by atoms with E-state index in [1.807, 2.05) is 37.4 Å². The van der Waals surface area contributed by atoms with Gasteiger partial charge in [0.1, 0.15) is 10.0 Å². The Labute approximate surface area is 128 Å². The maximum atomic E-state index is 11.5. The molecule has 0 aliphatic carbocycles. The van der Waals surface area contributed by atoms with Gasteiger partial charge in [-0.05, 0) is 7.05 Å². The molecule has 1 amide bonds. The number of carbonyl (C=O) groups is 1. The first-order valence-corrected chi connectivity index (χ1v) is 6.90. The number of amides is 1. The third kappa shape index (κ3) is 4.88. The second-order valence-electron chi connectivity index (χ2n) is 4.00. The highest BCUT2D eigenvalue weighted by Crippen LogP contribution is 2.22. The van der Waals surface area contributed by atoms with E-state index in [9.17, 15) is 4.79 Å². The van der Waals surface area contributed by atoms with Crippen LogP contribution >= 0.6 is 23.7 Å². The first-order chi connectivity index (χ1) is 9.29. The predicted octanol–water partition coefficient (Wildman–Crippen LogP) is 1.85. The summed E-state index contributed by atoms with van der Waals surface area (Å²) in [5.74, 6) is 0.0193. The molecule has 2 rings (SSSR count). The number of halogens is 1. The van der Waals surface area contributed by atoms with Gasteiger partial charge < -0.3 is 10.6 Å². The monoisotopic (exact) mass is 312 g/mol. The molecule has 108 valence electrons. The number of rotatable bonds is 6. The van der Waals surface area contributed by atoms with Crippen LogP contribution in [0.3, 0.4) is 0 Å². The van der Waals surface area contributed by atoms with Crippen molar-refractivity contribution in [2.75, 3.05) is 13.6 Å². The third-order valence-corrected chi connectivity index (χ3v) is 3.50. The molecule has 0 bridgehead atoms. The van der Waals surface area contributed by atoms with E-state index >= 15 is 0 Å². The van der Waals surface area contributed by atoms with Crippen LogP contribution in [0, 0.1) is 0 Å². The molecule has 0 radical (unpaired) electrons. The van der Waals surface area contributed by atoms with Crippen molar-refractivity contribution in [2.24, 2.45) is 0 Å². The number of nitrogens with zero attached hydrogens (tertiary/aromatic N) is 2. The molecule has 0 atom stereocenters. The summed E-state index contributed by atoms with van der Waals surface area (Å²) < 4.78 is 0. The lowest BCUT2D eigenvalue weighted by molar-refractivity contribution is -0.121. The van der Waals surface area contributed by atoms with E-state index in [0.29, 0.717) is 19.5 Å². The summed E-state index contributed by atoms with van der Waals surface area (Å²) in [6.45, 7) is 1.12. The molecule has 2 aromatic rings. The average molecular weight is 313 g/mol. The summed E-state index contributed by atoms with van der Waals surface area (Å²) in [5.41, 5.74) is 1.05. The molecule has 5 nitrogen and oxygen atoms in total. The van der Waals surface area contributed by atoms with E-state index in [1.165, 1.54) is 11.3 Å². The quantitative estimate of drug-likeness (QED) is 0.854. The summed E-state index contributed by atoms with van der Waals surface area (Å²) in [4.78, 5) is 11.5.